The summed E-state index contributed by atoms with van der Waals surface area (Å²) in [5, 5.41) is 0. The van der Waals surface area contributed by atoms with Crippen LogP contribution in [0.25, 0.3) is 0 Å². The predicted molar refractivity (Wildman–Crippen MR) is 127 cm³/mol. The molecule has 1 atom stereocenters. The molecule has 0 aliphatic rings. The first-order valence-corrected chi connectivity index (χ1v) is 15.4. The van der Waals surface area contributed by atoms with Gasteiger partial charge in [0.2, 0.25) is 0 Å². The van der Waals surface area contributed by atoms with E-state index in [-0.39, 0.29) is 0 Å². The highest BCUT2D eigenvalue weighted by atomic mass is 28.4. The van der Waals surface area contributed by atoms with E-state index < -0.39 is 8.32 Å². The first-order chi connectivity index (χ1) is 13.2. The van der Waals surface area contributed by atoms with Crippen LogP contribution in [0.3, 0.4) is 0 Å². The molecule has 0 saturated heterocycles. The van der Waals surface area contributed by atoms with E-state index in [0.717, 1.165) is 0 Å². The summed E-state index contributed by atoms with van der Waals surface area (Å²) in [5.41, 5.74) is 0. The lowest BCUT2D eigenvalue weighted by Gasteiger charge is -2.35. The van der Waals surface area contributed by atoms with Gasteiger partial charge in [0.1, 0.15) is 0 Å². The van der Waals surface area contributed by atoms with Crippen molar-refractivity contribution in [2.75, 3.05) is 0 Å². The second kappa shape index (κ2) is 19.5. The van der Waals surface area contributed by atoms with Crippen molar-refractivity contribution < 1.29 is 4.43 Å². The minimum atomic E-state index is -1.49. The molecule has 0 aliphatic heterocycles. The molecule has 1 unspecified atom stereocenters. The fourth-order valence-electron chi connectivity index (χ4n) is 4.72. The van der Waals surface area contributed by atoms with Crippen LogP contribution < -0.4 is 0 Å². The van der Waals surface area contributed by atoms with Crippen molar-refractivity contribution in [3.8, 4) is 0 Å². The highest BCUT2D eigenvalue weighted by Crippen LogP contribution is 2.31. The molecule has 0 bridgehead atoms. The summed E-state index contributed by atoms with van der Waals surface area (Å²) >= 11 is 0. The SMILES string of the molecule is CCCCCCCCCCCCC(CCC)O[Si](CCC)(CCC)CCC. The molecule has 0 radical (unpaired) electrons. The third-order valence-corrected chi connectivity index (χ3v) is 11.1. The highest BCUT2D eigenvalue weighted by molar-refractivity contribution is 6.73. The van der Waals surface area contributed by atoms with Crippen molar-refractivity contribution in [1.82, 2.24) is 0 Å². The molecule has 0 rings (SSSR count). The number of hydrogen-bond acceptors (Lipinski definition) is 1. The molecule has 164 valence electrons. The third-order valence-electron chi connectivity index (χ3n) is 6.02. The Balaban J connectivity index is 4.15. The Morgan fingerprint density at radius 2 is 0.926 bits per heavy atom. The molecule has 0 amide bonds. The topological polar surface area (TPSA) is 9.23 Å². The minimum absolute atomic E-state index is 0.556. The second-order valence-corrected chi connectivity index (χ2v) is 13.0. The molecule has 0 N–H and O–H groups in total. The van der Waals surface area contributed by atoms with Crippen molar-refractivity contribution in [2.45, 2.75) is 162 Å². The Labute approximate surface area is 174 Å². The van der Waals surface area contributed by atoms with Gasteiger partial charge in [-0.15, -0.1) is 0 Å². The van der Waals surface area contributed by atoms with E-state index in [4.69, 9.17) is 4.43 Å². The Kier molecular flexibility index (Phi) is 19.6. The smallest absolute Gasteiger partial charge is 0.193 e. The van der Waals surface area contributed by atoms with Gasteiger partial charge in [0.25, 0.3) is 0 Å². The molecule has 0 spiro atoms. The first-order valence-electron chi connectivity index (χ1n) is 12.9. The number of hydrogen-bond donors (Lipinski definition) is 0. The first kappa shape index (κ1) is 27.2. The van der Waals surface area contributed by atoms with E-state index in [2.05, 4.69) is 34.6 Å². The largest absolute Gasteiger partial charge is 0.414 e. The van der Waals surface area contributed by atoms with E-state index in [9.17, 15) is 0 Å². The van der Waals surface area contributed by atoms with Crippen LogP contribution in [-0.2, 0) is 4.43 Å². The summed E-state index contributed by atoms with van der Waals surface area (Å²) < 4.78 is 7.02. The van der Waals surface area contributed by atoms with E-state index in [1.807, 2.05) is 0 Å². The van der Waals surface area contributed by atoms with Crippen molar-refractivity contribution in [2.24, 2.45) is 0 Å². The normalized spacial score (nSPS) is 13.2. The van der Waals surface area contributed by atoms with Gasteiger partial charge < -0.3 is 4.43 Å². The van der Waals surface area contributed by atoms with Gasteiger partial charge >= 0.3 is 0 Å². The second-order valence-electron chi connectivity index (χ2n) is 8.93. The van der Waals surface area contributed by atoms with E-state index in [1.54, 1.807) is 0 Å². The molecular weight excluding hydrogens is 344 g/mol. The van der Waals surface area contributed by atoms with Gasteiger partial charge in [-0.05, 0) is 31.0 Å². The van der Waals surface area contributed by atoms with Gasteiger partial charge in [-0.3, -0.25) is 0 Å². The Hall–Kier alpha value is 0.177. The molecule has 0 aliphatic carbocycles. The van der Waals surface area contributed by atoms with Crippen LogP contribution in [0, 0.1) is 0 Å². The van der Waals surface area contributed by atoms with Crippen LogP contribution in [0.5, 0.6) is 0 Å². The van der Waals surface area contributed by atoms with Crippen molar-refractivity contribution in [1.29, 1.82) is 0 Å². The number of rotatable bonds is 21. The monoisotopic (exact) mass is 398 g/mol. The summed E-state index contributed by atoms with van der Waals surface area (Å²) in [7, 11) is -1.49. The third kappa shape index (κ3) is 14.8. The van der Waals surface area contributed by atoms with Crippen LogP contribution in [0.2, 0.25) is 18.1 Å². The van der Waals surface area contributed by atoms with Crippen molar-refractivity contribution in [3.63, 3.8) is 0 Å². The van der Waals surface area contributed by atoms with Gasteiger partial charge in [-0.2, -0.15) is 0 Å². The van der Waals surface area contributed by atoms with Crippen LogP contribution >= 0.6 is 0 Å². The minimum Gasteiger partial charge on any atom is -0.414 e. The maximum absolute atomic E-state index is 7.02. The van der Waals surface area contributed by atoms with E-state index in [0.29, 0.717) is 6.10 Å². The molecule has 0 saturated carbocycles. The zero-order chi connectivity index (χ0) is 20.2. The van der Waals surface area contributed by atoms with Gasteiger partial charge in [-0.1, -0.05) is 125 Å². The average molecular weight is 399 g/mol. The van der Waals surface area contributed by atoms with Crippen LogP contribution in [0.15, 0.2) is 0 Å². The average Bonchev–Trinajstić information content (AvgIpc) is 2.64. The molecule has 0 fully saturated rings. The molecule has 0 heterocycles. The summed E-state index contributed by atoms with van der Waals surface area (Å²) in [6, 6.07) is 4.15. The lowest BCUT2D eigenvalue weighted by molar-refractivity contribution is 0.159. The molecule has 0 aromatic heterocycles. The Morgan fingerprint density at radius 3 is 1.33 bits per heavy atom. The van der Waals surface area contributed by atoms with Gasteiger partial charge in [0, 0.05) is 6.10 Å². The van der Waals surface area contributed by atoms with E-state index >= 15 is 0 Å². The maximum Gasteiger partial charge on any atom is 0.193 e. The molecule has 1 nitrogen and oxygen atoms in total. The predicted octanol–water partition coefficient (Wildman–Crippen LogP) is 9.66. The number of unbranched alkanes of at least 4 members (excludes halogenated alkanes) is 9. The summed E-state index contributed by atoms with van der Waals surface area (Å²) in [6.45, 7) is 11.7. The fourth-order valence-corrected chi connectivity index (χ4v) is 9.50. The molecule has 27 heavy (non-hydrogen) atoms. The standard InChI is InChI=1S/C25H54OSi/c1-6-11-12-13-14-15-16-17-18-19-21-25(20-7-2)26-27(22-8-3,23-9-4)24-10-5/h25H,6-24H2,1-5H3. The zero-order valence-electron chi connectivity index (χ0n) is 19.9. The molecule has 0 aromatic rings. The lowest BCUT2D eigenvalue weighted by atomic mass is 10.0. The molecule has 0 aromatic carbocycles. The highest BCUT2D eigenvalue weighted by Gasteiger charge is 2.34. The van der Waals surface area contributed by atoms with Crippen molar-refractivity contribution in [3.05, 3.63) is 0 Å². The van der Waals surface area contributed by atoms with Gasteiger partial charge in [-0.25, -0.2) is 0 Å². The van der Waals surface area contributed by atoms with Gasteiger partial charge in [0.05, 0.1) is 0 Å². The Bertz CT molecular complexity index is 275. The zero-order valence-corrected chi connectivity index (χ0v) is 20.9. The summed E-state index contributed by atoms with van der Waals surface area (Å²) in [6.07, 6.45) is 22.7. The molecule has 2 heteroatoms. The van der Waals surface area contributed by atoms with Crippen LogP contribution in [0.1, 0.15) is 137 Å². The van der Waals surface area contributed by atoms with Gasteiger partial charge in [0.15, 0.2) is 8.32 Å². The Morgan fingerprint density at radius 1 is 0.481 bits per heavy atom. The van der Waals surface area contributed by atoms with Crippen LogP contribution in [0.4, 0.5) is 0 Å². The summed E-state index contributed by atoms with van der Waals surface area (Å²) in [4.78, 5) is 0. The van der Waals surface area contributed by atoms with E-state index in [1.165, 1.54) is 121 Å². The molecular formula is C25H54OSi. The fraction of sp³-hybridized carbons (Fsp3) is 1.00. The van der Waals surface area contributed by atoms with Crippen LogP contribution in [-0.4, -0.2) is 14.4 Å². The van der Waals surface area contributed by atoms with Crippen molar-refractivity contribution >= 4 is 8.32 Å². The maximum atomic E-state index is 7.02. The lowest BCUT2D eigenvalue weighted by Crippen LogP contribution is -2.41. The summed E-state index contributed by atoms with van der Waals surface area (Å²) in [5.74, 6) is 0. The quantitative estimate of drug-likeness (QED) is 0.138.